The lowest BCUT2D eigenvalue weighted by Gasteiger charge is -2.05. The third kappa shape index (κ3) is 2.77. The van der Waals surface area contributed by atoms with Crippen LogP contribution in [0, 0.1) is 6.92 Å². The van der Waals surface area contributed by atoms with Gasteiger partial charge in [0.15, 0.2) is 5.82 Å². The maximum atomic E-state index is 12.3. The number of aryl methyl sites for hydroxylation is 1. The molecule has 106 valence electrons. The first kappa shape index (κ1) is 14.0. The molecule has 2 N–H and O–H groups in total. The number of nitrogens with one attached hydrogen (secondary N) is 1. The molecule has 0 atom stereocenters. The van der Waals surface area contributed by atoms with Crippen molar-refractivity contribution in [2.45, 2.75) is 6.92 Å². The van der Waals surface area contributed by atoms with Gasteiger partial charge in [-0.15, -0.1) is 11.3 Å². The summed E-state index contributed by atoms with van der Waals surface area (Å²) in [5.41, 5.74) is 0.430. The topological polar surface area (TPSA) is 66.0 Å². The average molecular weight is 363 g/mol. The summed E-state index contributed by atoms with van der Waals surface area (Å²) in [4.78, 5) is 21.1. The molecule has 2 heterocycles. The summed E-state index contributed by atoms with van der Waals surface area (Å²) in [6.07, 6.45) is 0. The van der Waals surface area contributed by atoms with Gasteiger partial charge in [-0.05, 0) is 36.8 Å². The SMILES string of the molecule is Cc1ccc(-c2nc(O)c(-c3cccc(Br)c3)c(=O)[nH]2)s1. The van der Waals surface area contributed by atoms with Gasteiger partial charge >= 0.3 is 0 Å². The zero-order valence-electron chi connectivity index (χ0n) is 11.1. The van der Waals surface area contributed by atoms with Crippen LogP contribution in [0.5, 0.6) is 5.88 Å². The number of thiophene rings is 1. The van der Waals surface area contributed by atoms with Crippen LogP contribution in [-0.4, -0.2) is 15.1 Å². The molecule has 0 saturated carbocycles. The Morgan fingerprint density at radius 3 is 2.71 bits per heavy atom. The fourth-order valence-corrected chi connectivity index (χ4v) is 3.26. The van der Waals surface area contributed by atoms with Crippen LogP contribution in [0.25, 0.3) is 21.8 Å². The summed E-state index contributed by atoms with van der Waals surface area (Å²) in [6.45, 7) is 1.97. The van der Waals surface area contributed by atoms with Crippen LogP contribution >= 0.6 is 27.3 Å². The van der Waals surface area contributed by atoms with E-state index in [9.17, 15) is 9.90 Å². The van der Waals surface area contributed by atoms with Crippen LogP contribution in [0.4, 0.5) is 0 Å². The van der Waals surface area contributed by atoms with Crippen molar-refractivity contribution in [2.24, 2.45) is 0 Å². The van der Waals surface area contributed by atoms with E-state index in [4.69, 9.17) is 0 Å². The second-order valence-electron chi connectivity index (χ2n) is 4.53. The van der Waals surface area contributed by atoms with Gasteiger partial charge in [0.25, 0.3) is 5.56 Å². The summed E-state index contributed by atoms with van der Waals surface area (Å²) in [5.74, 6) is 0.118. The molecule has 0 amide bonds. The first-order chi connectivity index (χ1) is 10.0. The maximum absolute atomic E-state index is 12.3. The molecule has 0 aliphatic carbocycles. The number of H-pyrrole nitrogens is 1. The molecule has 0 bridgehead atoms. The van der Waals surface area contributed by atoms with Crippen LogP contribution in [-0.2, 0) is 0 Å². The largest absolute Gasteiger partial charge is 0.493 e. The number of aromatic hydroxyl groups is 1. The van der Waals surface area contributed by atoms with Gasteiger partial charge in [0, 0.05) is 9.35 Å². The van der Waals surface area contributed by atoms with Gasteiger partial charge in [-0.25, -0.2) is 0 Å². The van der Waals surface area contributed by atoms with Crippen LogP contribution < -0.4 is 5.56 Å². The van der Waals surface area contributed by atoms with Crippen molar-refractivity contribution in [3.05, 3.63) is 56.1 Å². The number of aromatic nitrogens is 2. The number of hydrogen-bond acceptors (Lipinski definition) is 4. The molecule has 2 aromatic heterocycles. The van der Waals surface area contributed by atoms with Crippen molar-refractivity contribution in [1.29, 1.82) is 0 Å². The van der Waals surface area contributed by atoms with Gasteiger partial charge in [0.2, 0.25) is 5.88 Å². The summed E-state index contributed by atoms with van der Waals surface area (Å²) >= 11 is 4.86. The van der Waals surface area contributed by atoms with E-state index in [-0.39, 0.29) is 17.0 Å². The van der Waals surface area contributed by atoms with Crippen molar-refractivity contribution in [3.63, 3.8) is 0 Å². The normalized spacial score (nSPS) is 10.8. The van der Waals surface area contributed by atoms with Crippen LogP contribution in [0.1, 0.15) is 4.88 Å². The first-order valence-corrected chi connectivity index (χ1v) is 7.81. The Morgan fingerprint density at radius 1 is 1.29 bits per heavy atom. The van der Waals surface area contributed by atoms with E-state index in [0.29, 0.717) is 11.4 Å². The summed E-state index contributed by atoms with van der Waals surface area (Å²) in [7, 11) is 0. The smallest absolute Gasteiger partial charge is 0.262 e. The molecular formula is C15H11BrN2O2S. The Labute approximate surface area is 133 Å². The zero-order chi connectivity index (χ0) is 15.0. The lowest BCUT2D eigenvalue weighted by Crippen LogP contribution is -2.11. The standard InChI is InChI=1S/C15H11BrN2O2S/c1-8-5-6-11(21-8)13-17-14(19)12(15(20)18-13)9-3-2-4-10(16)7-9/h2-7H,1H3,(H2,17,18,19,20). The molecule has 3 rings (SSSR count). The minimum atomic E-state index is -0.360. The monoisotopic (exact) mass is 362 g/mol. The molecule has 6 heteroatoms. The fourth-order valence-electron chi connectivity index (χ4n) is 2.04. The van der Waals surface area contributed by atoms with E-state index < -0.39 is 0 Å². The number of hydrogen-bond donors (Lipinski definition) is 2. The predicted octanol–water partition coefficient (Wildman–Crippen LogP) is 3.94. The molecule has 0 aliphatic rings. The van der Waals surface area contributed by atoms with E-state index >= 15 is 0 Å². The van der Waals surface area contributed by atoms with E-state index in [1.807, 2.05) is 25.1 Å². The van der Waals surface area contributed by atoms with Crippen molar-refractivity contribution >= 4 is 27.3 Å². The van der Waals surface area contributed by atoms with Crippen molar-refractivity contribution in [3.8, 4) is 27.7 Å². The summed E-state index contributed by atoms with van der Waals surface area (Å²) in [5, 5.41) is 10.1. The molecule has 1 aromatic carbocycles. The molecule has 0 radical (unpaired) electrons. The molecule has 0 fully saturated rings. The second-order valence-corrected chi connectivity index (χ2v) is 6.74. The molecule has 0 aliphatic heterocycles. The number of aromatic amines is 1. The zero-order valence-corrected chi connectivity index (χ0v) is 13.5. The van der Waals surface area contributed by atoms with Gasteiger partial charge in [0.05, 0.1) is 4.88 Å². The van der Waals surface area contributed by atoms with Crippen LogP contribution in [0.3, 0.4) is 0 Å². The Hall–Kier alpha value is -1.92. The highest BCUT2D eigenvalue weighted by atomic mass is 79.9. The molecule has 4 nitrogen and oxygen atoms in total. The third-order valence-electron chi connectivity index (χ3n) is 2.99. The summed E-state index contributed by atoms with van der Waals surface area (Å²) < 4.78 is 0.830. The third-order valence-corrected chi connectivity index (χ3v) is 4.49. The van der Waals surface area contributed by atoms with Gasteiger partial charge < -0.3 is 10.1 Å². The van der Waals surface area contributed by atoms with E-state index in [1.165, 1.54) is 11.3 Å². The number of benzene rings is 1. The number of halogens is 1. The van der Waals surface area contributed by atoms with Crippen LogP contribution in [0.2, 0.25) is 0 Å². The van der Waals surface area contributed by atoms with E-state index in [2.05, 4.69) is 25.9 Å². The Bertz CT molecular complexity index is 870. The van der Waals surface area contributed by atoms with E-state index in [0.717, 1.165) is 14.2 Å². The van der Waals surface area contributed by atoms with Gasteiger partial charge in [-0.1, -0.05) is 28.1 Å². The number of nitrogens with zero attached hydrogens (tertiary/aromatic N) is 1. The van der Waals surface area contributed by atoms with Gasteiger partial charge in [-0.2, -0.15) is 4.98 Å². The molecule has 3 aromatic rings. The minimum absolute atomic E-state index is 0.174. The Kier molecular flexibility index (Phi) is 3.65. The average Bonchev–Trinajstić information content (AvgIpc) is 2.85. The second kappa shape index (κ2) is 5.46. The fraction of sp³-hybridized carbons (Fsp3) is 0.0667. The maximum Gasteiger partial charge on any atom is 0.262 e. The lowest BCUT2D eigenvalue weighted by atomic mass is 10.1. The molecule has 0 spiro atoms. The number of rotatable bonds is 2. The van der Waals surface area contributed by atoms with Gasteiger partial charge in [0.1, 0.15) is 5.56 Å². The molecular weight excluding hydrogens is 352 g/mol. The highest BCUT2D eigenvalue weighted by molar-refractivity contribution is 9.10. The Balaban J connectivity index is 2.15. The van der Waals surface area contributed by atoms with Crippen LogP contribution in [0.15, 0.2) is 45.7 Å². The van der Waals surface area contributed by atoms with Crippen molar-refractivity contribution in [2.75, 3.05) is 0 Å². The quantitative estimate of drug-likeness (QED) is 0.725. The highest BCUT2D eigenvalue weighted by Crippen LogP contribution is 2.29. The highest BCUT2D eigenvalue weighted by Gasteiger charge is 2.14. The van der Waals surface area contributed by atoms with Crippen molar-refractivity contribution < 1.29 is 5.11 Å². The summed E-state index contributed by atoms with van der Waals surface area (Å²) in [6, 6.07) is 11.0. The van der Waals surface area contributed by atoms with Gasteiger partial charge in [-0.3, -0.25) is 4.79 Å². The van der Waals surface area contributed by atoms with E-state index in [1.54, 1.807) is 18.2 Å². The molecule has 0 saturated heterocycles. The first-order valence-electron chi connectivity index (χ1n) is 6.20. The molecule has 21 heavy (non-hydrogen) atoms. The lowest BCUT2D eigenvalue weighted by molar-refractivity contribution is 0.454. The Morgan fingerprint density at radius 2 is 2.10 bits per heavy atom. The van der Waals surface area contributed by atoms with Crippen molar-refractivity contribution in [1.82, 2.24) is 9.97 Å². The minimum Gasteiger partial charge on any atom is -0.493 e. The molecule has 0 unspecified atom stereocenters. The predicted molar refractivity (Wildman–Crippen MR) is 87.7 cm³/mol.